The van der Waals surface area contributed by atoms with Crippen LogP contribution in [0.4, 0.5) is 5.69 Å². The van der Waals surface area contributed by atoms with Gasteiger partial charge in [0.05, 0.1) is 0 Å². The Morgan fingerprint density at radius 2 is 2.14 bits per heavy atom. The van der Waals surface area contributed by atoms with Gasteiger partial charge in [-0.25, -0.2) is 0 Å². The Labute approximate surface area is 175 Å². The van der Waals surface area contributed by atoms with E-state index in [0.29, 0.717) is 18.3 Å². The number of aliphatic imine (C=N–C) groups is 1. The van der Waals surface area contributed by atoms with Crippen LogP contribution in [0.25, 0.3) is 0 Å². The Morgan fingerprint density at radius 3 is 2.90 bits per heavy atom. The zero-order valence-corrected chi connectivity index (χ0v) is 17.2. The Morgan fingerprint density at radius 1 is 1.31 bits per heavy atom. The third-order valence-corrected chi connectivity index (χ3v) is 4.90. The van der Waals surface area contributed by atoms with E-state index >= 15 is 0 Å². The first-order chi connectivity index (χ1) is 14.0. The second-order valence-electron chi connectivity index (χ2n) is 6.88. The van der Waals surface area contributed by atoms with Gasteiger partial charge >= 0.3 is 0 Å². The molecule has 0 aromatic heterocycles. The van der Waals surface area contributed by atoms with Crippen molar-refractivity contribution in [1.29, 1.82) is 0 Å². The third kappa shape index (κ3) is 6.29. The van der Waals surface area contributed by atoms with E-state index in [-0.39, 0.29) is 6.61 Å². The molecule has 1 heterocycles. The molecule has 1 amide bonds. The molecule has 1 aliphatic rings. The second kappa shape index (κ2) is 10.0. The van der Waals surface area contributed by atoms with E-state index in [9.17, 15) is 4.79 Å². The van der Waals surface area contributed by atoms with Gasteiger partial charge in [-0.05, 0) is 42.3 Å². The van der Waals surface area contributed by atoms with Gasteiger partial charge in [-0.3, -0.25) is 9.79 Å². The highest BCUT2D eigenvalue weighted by Crippen LogP contribution is 2.23. The first-order valence-electron chi connectivity index (χ1n) is 9.51. The number of hydrogen-bond acceptors (Lipinski definition) is 4. The summed E-state index contributed by atoms with van der Waals surface area (Å²) in [6.07, 6.45) is 1.02. The van der Waals surface area contributed by atoms with Crippen molar-refractivity contribution in [2.24, 2.45) is 10.7 Å². The summed E-state index contributed by atoms with van der Waals surface area (Å²) in [7, 11) is 1.76. The van der Waals surface area contributed by atoms with Crippen molar-refractivity contribution in [1.82, 2.24) is 10.6 Å². The summed E-state index contributed by atoms with van der Waals surface area (Å²) in [4.78, 5) is 17.5. The number of halogens is 1. The standard InChI is InChI=1S/C21H26ClN5O2/c1-24-21(25-12-15-4-2-7-19(10-15)29-14-20(23)28)26-17-8-9-27(13-17)18-6-3-5-16(22)11-18/h2-7,10-11,17H,8-9,12-14H2,1H3,(H2,23,28)(H2,24,25,26). The van der Waals surface area contributed by atoms with Crippen molar-refractivity contribution in [2.45, 2.75) is 19.0 Å². The van der Waals surface area contributed by atoms with E-state index < -0.39 is 5.91 Å². The molecule has 0 spiro atoms. The lowest BCUT2D eigenvalue weighted by atomic mass is 10.2. The van der Waals surface area contributed by atoms with Crippen molar-refractivity contribution in [2.75, 3.05) is 31.6 Å². The molecule has 154 valence electrons. The summed E-state index contributed by atoms with van der Waals surface area (Å²) < 4.78 is 5.35. The maximum atomic E-state index is 10.9. The van der Waals surface area contributed by atoms with Crippen LogP contribution in [0.5, 0.6) is 5.75 Å². The number of guanidine groups is 1. The molecule has 7 nitrogen and oxygen atoms in total. The molecular formula is C21H26ClN5O2. The lowest BCUT2D eigenvalue weighted by molar-refractivity contribution is -0.119. The molecule has 2 aromatic rings. The zero-order chi connectivity index (χ0) is 20.6. The van der Waals surface area contributed by atoms with Crippen LogP contribution in [0.3, 0.4) is 0 Å². The van der Waals surface area contributed by atoms with Crippen molar-refractivity contribution < 1.29 is 9.53 Å². The summed E-state index contributed by atoms with van der Waals surface area (Å²) in [6.45, 7) is 2.30. The predicted molar refractivity (Wildman–Crippen MR) is 117 cm³/mol. The van der Waals surface area contributed by atoms with Gasteiger partial charge in [0, 0.05) is 43.4 Å². The van der Waals surface area contributed by atoms with Gasteiger partial charge < -0.3 is 26.0 Å². The molecule has 29 heavy (non-hydrogen) atoms. The number of carbonyl (C=O) groups is 1. The van der Waals surface area contributed by atoms with E-state index in [1.54, 1.807) is 13.1 Å². The Bertz CT molecular complexity index is 874. The fraction of sp³-hybridized carbons (Fsp3) is 0.333. The number of ether oxygens (including phenoxy) is 1. The van der Waals surface area contributed by atoms with Crippen LogP contribution in [-0.4, -0.2) is 44.7 Å². The summed E-state index contributed by atoms with van der Waals surface area (Å²) in [6, 6.07) is 15.8. The fourth-order valence-electron chi connectivity index (χ4n) is 3.26. The van der Waals surface area contributed by atoms with E-state index in [1.165, 1.54) is 0 Å². The number of anilines is 1. The maximum Gasteiger partial charge on any atom is 0.255 e. The van der Waals surface area contributed by atoms with Crippen LogP contribution in [0.15, 0.2) is 53.5 Å². The second-order valence-corrected chi connectivity index (χ2v) is 7.32. The van der Waals surface area contributed by atoms with Crippen LogP contribution in [0.1, 0.15) is 12.0 Å². The van der Waals surface area contributed by atoms with Crippen LogP contribution < -0.4 is 26.0 Å². The molecule has 0 aliphatic carbocycles. The number of primary amides is 1. The number of hydrogen-bond donors (Lipinski definition) is 3. The molecule has 0 saturated carbocycles. The highest BCUT2D eigenvalue weighted by atomic mass is 35.5. The Balaban J connectivity index is 1.50. The number of amides is 1. The minimum atomic E-state index is -0.499. The van der Waals surface area contributed by atoms with Crippen LogP contribution in [0, 0.1) is 0 Å². The molecule has 0 bridgehead atoms. The molecule has 1 unspecified atom stereocenters. The van der Waals surface area contributed by atoms with Gasteiger partial charge in [-0.15, -0.1) is 0 Å². The molecule has 4 N–H and O–H groups in total. The summed E-state index contributed by atoms with van der Waals surface area (Å²) >= 11 is 6.11. The van der Waals surface area contributed by atoms with Gasteiger partial charge in [0.1, 0.15) is 5.75 Å². The number of nitrogens with two attached hydrogens (primary N) is 1. The van der Waals surface area contributed by atoms with Crippen LogP contribution in [-0.2, 0) is 11.3 Å². The van der Waals surface area contributed by atoms with Gasteiger partial charge in [-0.1, -0.05) is 29.8 Å². The summed E-state index contributed by atoms with van der Waals surface area (Å²) in [5.41, 5.74) is 7.27. The van der Waals surface area contributed by atoms with Crippen molar-refractivity contribution in [3.05, 3.63) is 59.1 Å². The topological polar surface area (TPSA) is 92.0 Å². The lowest BCUT2D eigenvalue weighted by Gasteiger charge is -2.20. The Hall–Kier alpha value is -2.93. The largest absolute Gasteiger partial charge is 0.484 e. The molecule has 3 rings (SSSR count). The fourth-order valence-corrected chi connectivity index (χ4v) is 3.44. The number of nitrogens with one attached hydrogen (secondary N) is 2. The van der Waals surface area contributed by atoms with E-state index in [2.05, 4.69) is 26.6 Å². The average Bonchev–Trinajstić information content (AvgIpc) is 3.18. The van der Waals surface area contributed by atoms with Crippen LogP contribution >= 0.6 is 11.6 Å². The van der Waals surface area contributed by atoms with Gasteiger partial charge in [0.2, 0.25) is 0 Å². The minimum Gasteiger partial charge on any atom is -0.484 e. The van der Waals surface area contributed by atoms with E-state index in [0.717, 1.165) is 41.7 Å². The number of carbonyl (C=O) groups excluding carboxylic acids is 1. The number of rotatable bonds is 7. The summed E-state index contributed by atoms with van der Waals surface area (Å²) in [5.74, 6) is 0.854. The average molecular weight is 416 g/mol. The molecule has 1 saturated heterocycles. The first kappa shape index (κ1) is 20.8. The smallest absolute Gasteiger partial charge is 0.255 e. The van der Waals surface area contributed by atoms with Crippen molar-refractivity contribution in [3.8, 4) is 5.75 Å². The van der Waals surface area contributed by atoms with Gasteiger partial charge in [-0.2, -0.15) is 0 Å². The molecule has 1 fully saturated rings. The number of nitrogens with zero attached hydrogens (tertiary/aromatic N) is 2. The molecule has 0 radical (unpaired) electrons. The highest BCUT2D eigenvalue weighted by Gasteiger charge is 2.23. The van der Waals surface area contributed by atoms with Crippen molar-refractivity contribution in [3.63, 3.8) is 0 Å². The zero-order valence-electron chi connectivity index (χ0n) is 16.4. The third-order valence-electron chi connectivity index (χ3n) is 4.67. The first-order valence-corrected chi connectivity index (χ1v) is 9.89. The predicted octanol–water partition coefficient (Wildman–Crippen LogP) is 2.15. The molecule has 1 aliphatic heterocycles. The monoisotopic (exact) mass is 415 g/mol. The maximum absolute atomic E-state index is 10.9. The normalized spacial score (nSPS) is 16.6. The summed E-state index contributed by atoms with van der Waals surface area (Å²) in [5, 5.41) is 7.55. The van der Waals surface area contributed by atoms with E-state index in [1.807, 2.05) is 36.4 Å². The quantitative estimate of drug-likeness (QED) is 0.476. The molecule has 2 aromatic carbocycles. The van der Waals surface area contributed by atoms with Gasteiger partial charge in [0.25, 0.3) is 5.91 Å². The molecular weight excluding hydrogens is 390 g/mol. The molecule has 1 atom stereocenters. The van der Waals surface area contributed by atoms with Crippen molar-refractivity contribution >= 4 is 29.2 Å². The highest BCUT2D eigenvalue weighted by molar-refractivity contribution is 6.30. The Kier molecular flexibility index (Phi) is 7.19. The van der Waals surface area contributed by atoms with Crippen LogP contribution in [0.2, 0.25) is 5.02 Å². The minimum absolute atomic E-state index is 0.134. The lowest BCUT2D eigenvalue weighted by Crippen LogP contribution is -2.44. The molecule has 8 heteroatoms. The SMILES string of the molecule is CN=C(NCc1cccc(OCC(N)=O)c1)NC1CCN(c2cccc(Cl)c2)C1. The number of benzene rings is 2. The van der Waals surface area contributed by atoms with E-state index in [4.69, 9.17) is 22.1 Å². The van der Waals surface area contributed by atoms with Gasteiger partial charge in [0.15, 0.2) is 12.6 Å².